The van der Waals surface area contributed by atoms with E-state index in [4.69, 9.17) is 0 Å². The van der Waals surface area contributed by atoms with Gasteiger partial charge in [0, 0.05) is 45.1 Å². The van der Waals surface area contributed by atoms with Gasteiger partial charge in [0.1, 0.15) is 0 Å². The molecule has 2 aliphatic heterocycles. The van der Waals surface area contributed by atoms with E-state index in [1.807, 2.05) is 52.0 Å². The Morgan fingerprint density at radius 3 is 0.760 bits per heavy atom. The second-order valence-electron chi connectivity index (χ2n) is 14.1. The largest absolute Gasteiger partial charge is 0.271 e. The summed E-state index contributed by atoms with van der Waals surface area (Å²) in [4.78, 5) is 58.7. The average molecular weight is 655 g/mol. The Bertz CT molecular complexity index is 2490. The van der Waals surface area contributed by atoms with Crippen molar-refractivity contribution in [3.05, 3.63) is 95.1 Å². The van der Waals surface area contributed by atoms with Crippen LogP contribution >= 0.6 is 0 Å². The highest BCUT2D eigenvalue weighted by molar-refractivity contribution is 6.45. The molecule has 0 fully saturated rings. The van der Waals surface area contributed by atoms with Gasteiger partial charge in [0.2, 0.25) is 0 Å². The Morgan fingerprint density at radius 2 is 0.540 bits per heavy atom. The molecule has 0 atom stereocenters. The highest BCUT2D eigenvalue weighted by Crippen LogP contribution is 2.50. The average Bonchev–Trinajstić information content (AvgIpc) is 3.14. The summed E-state index contributed by atoms with van der Waals surface area (Å²) in [5.41, 5.74) is 2.34. The van der Waals surface area contributed by atoms with Crippen molar-refractivity contribution in [1.82, 2.24) is 9.80 Å². The standard InChI is InChI=1S/C44H34N2O4/c1-5-21(6-2)45-41(47)31-17-13-27-23-9-11-25-29-15-19-33-40-34(44(50)46(43(33)49)22(7-3)8-4)20-16-30(38(29)40)26-12-10-24(35(23)36(25)26)28-14-18-32(42(45)48)39(31)37(27)28/h9-22H,5-8H2,1-4H3. The third-order valence-corrected chi connectivity index (χ3v) is 12.1. The molecule has 0 aliphatic carbocycles. The molecule has 2 heterocycles. The molecule has 8 aromatic rings. The van der Waals surface area contributed by atoms with Crippen LogP contribution in [0.2, 0.25) is 0 Å². The number of benzene rings is 8. The molecule has 6 heteroatoms. The van der Waals surface area contributed by atoms with Gasteiger partial charge in [-0.05, 0) is 115 Å². The van der Waals surface area contributed by atoms with Crippen LogP contribution < -0.4 is 0 Å². The first-order valence-electron chi connectivity index (χ1n) is 17.9. The fraction of sp³-hybridized carbons (Fsp3) is 0.227. The summed E-state index contributed by atoms with van der Waals surface area (Å²) in [7, 11) is 0. The quantitative estimate of drug-likeness (QED) is 0.102. The van der Waals surface area contributed by atoms with E-state index in [1.54, 1.807) is 0 Å². The highest BCUT2D eigenvalue weighted by Gasteiger charge is 2.39. The van der Waals surface area contributed by atoms with E-state index >= 15 is 0 Å². The normalized spacial score (nSPS) is 15.2. The molecule has 0 N–H and O–H groups in total. The van der Waals surface area contributed by atoms with E-state index in [0.717, 1.165) is 75.4 Å². The predicted octanol–water partition coefficient (Wildman–Crippen LogP) is 10.2. The van der Waals surface area contributed by atoms with Crippen molar-refractivity contribution in [2.24, 2.45) is 0 Å². The zero-order chi connectivity index (χ0) is 34.3. The summed E-state index contributed by atoms with van der Waals surface area (Å²) in [6.45, 7) is 8.08. The third kappa shape index (κ3) is 3.30. The lowest BCUT2D eigenvalue weighted by Gasteiger charge is -2.34. The predicted molar refractivity (Wildman–Crippen MR) is 201 cm³/mol. The Kier molecular flexibility index (Phi) is 5.85. The number of rotatable bonds is 6. The molecule has 0 saturated carbocycles. The molecule has 10 rings (SSSR count). The van der Waals surface area contributed by atoms with E-state index in [2.05, 4.69) is 48.5 Å². The number of amides is 4. The van der Waals surface area contributed by atoms with Crippen molar-refractivity contribution in [3.8, 4) is 0 Å². The first-order chi connectivity index (χ1) is 24.3. The molecule has 0 saturated heterocycles. The Morgan fingerprint density at radius 1 is 0.340 bits per heavy atom. The molecular formula is C44H34N2O4. The minimum atomic E-state index is -0.215. The second kappa shape index (κ2) is 9.97. The van der Waals surface area contributed by atoms with Crippen LogP contribution in [-0.2, 0) is 0 Å². The van der Waals surface area contributed by atoms with E-state index in [0.29, 0.717) is 47.9 Å². The summed E-state index contributed by atoms with van der Waals surface area (Å²) in [6.07, 6.45) is 2.85. The summed E-state index contributed by atoms with van der Waals surface area (Å²) in [5.74, 6) is -0.861. The molecule has 50 heavy (non-hydrogen) atoms. The second-order valence-corrected chi connectivity index (χ2v) is 14.1. The van der Waals surface area contributed by atoms with Gasteiger partial charge < -0.3 is 0 Å². The van der Waals surface area contributed by atoms with Crippen molar-refractivity contribution < 1.29 is 19.2 Å². The van der Waals surface area contributed by atoms with Crippen LogP contribution in [0.4, 0.5) is 0 Å². The van der Waals surface area contributed by atoms with E-state index in [1.165, 1.54) is 9.80 Å². The van der Waals surface area contributed by atoms with Crippen LogP contribution in [0.5, 0.6) is 0 Å². The summed E-state index contributed by atoms with van der Waals surface area (Å²) in [5, 5.41) is 14.0. The maximum Gasteiger partial charge on any atom is 0.261 e. The van der Waals surface area contributed by atoms with Crippen molar-refractivity contribution in [1.29, 1.82) is 0 Å². The van der Waals surface area contributed by atoms with E-state index in [-0.39, 0.29) is 35.7 Å². The van der Waals surface area contributed by atoms with Crippen LogP contribution in [-0.4, -0.2) is 45.5 Å². The smallest absolute Gasteiger partial charge is 0.261 e. The van der Waals surface area contributed by atoms with Gasteiger partial charge in [0.25, 0.3) is 23.6 Å². The lowest BCUT2D eigenvalue weighted by molar-refractivity contribution is 0.0514. The molecule has 8 aromatic carbocycles. The van der Waals surface area contributed by atoms with Gasteiger partial charge in [-0.3, -0.25) is 29.0 Å². The van der Waals surface area contributed by atoms with Gasteiger partial charge in [0.05, 0.1) is 0 Å². The SMILES string of the molecule is CCC(CC)N1C(=O)c2ccc3c4ccc5c6ccc7c8c(ccc(c9ccc(c%10ccc(c2c3%10)C1=O)c4c59)c86)C(=O)N(C(CC)CC)C7=O. The van der Waals surface area contributed by atoms with Gasteiger partial charge in [-0.1, -0.05) is 76.2 Å². The first-order valence-corrected chi connectivity index (χ1v) is 17.9. The van der Waals surface area contributed by atoms with Crippen molar-refractivity contribution in [3.63, 3.8) is 0 Å². The summed E-state index contributed by atoms with van der Waals surface area (Å²) in [6, 6.07) is 24.2. The number of hydrogen-bond donors (Lipinski definition) is 0. The number of carbonyl (C=O) groups excluding carboxylic acids is 4. The first kappa shape index (κ1) is 29.3. The molecule has 0 unspecified atom stereocenters. The number of carbonyl (C=O) groups is 4. The Labute approximate surface area is 287 Å². The van der Waals surface area contributed by atoms with Gasteiger partial charge in [-0.15, -0.1) is 0 Å². The molecule has 0 spiro atoms. The monoisotopic (exact) mass is 654 g/mol. The minimum absolute atomic E-state index is 0.143. The Hall–Kier alpha value is -5.62. The van der Waals surface area contributed by atoms with Gasteiger partial charge in [0.15, 0.2) is 0 Å². The van der Waals surface area contributed by atoms with Gasteiger partial charge >= 0.3 is 0 Å². The summed E-state index contributed by atoms with van der Waals surface area (Å²) >= 11 is 0. The fourth-order valence-electron chi connectivity index (χ4n) is 9.67. The molecule has 4 amide bonds. The van der Waals surface area contributed by atoms with Crippen molar-refractivity contribution >= 4 is 99.0 Å². The highest BCUT2D eigenvalue weighted by atomic mass is 16.2. The molecule has 2 aliphatic rings. The number of nitrogens with zero attached hydrogens (tertiary/aromatic N) is 2. The van der Waals surface area contributed by atoms with Crippen LogP contribution in [0.15, 0.2) is 72.8 Å². The minimum Gasteiger partial charge on any atom is -0.271 e. The fourth-order valence-corrected chi connectivity index (χ4v) is 9.67. The van der Waals surface area contributed by atoms with Crippen LogP contribution in [0.25, 0.3) is 75.4 Å². The van der Waals surface area contributed by atoms with Crippen LogP contribution in [0.1, 0.15) is 94.8 Å². The van der Waals surface area contributed by atoms with E-state index in [9.17, 15) is 19.2 Å². The number of imide groups is 2. The lowest BCUT2D eigenvalue weighted by Crippen LogP contribution is -2.46. The molecule has 244 valence electrons. The van der Waals surface area contributed by atoms with E-state index < -0.39 is 0 Å². The number of fused-ring (bicyclic) bond motifs is 4. The topological polar surface area (TPSA) is 74.8 Å². The molecule has 0 radical (unpaired) electrons. The van der Waals surface area contributed by atoms with Crippen LogP contribution in [0, 0.1) is 0 Å². The maximum atomic E-state index is 13.9. The molecule has 0 bridgehead atoms. The molecular weight excluding hydrogens is 620 g/mol. The number of hydrogen-bond acceptors (Lipinski definition) is 4. The van der Waals surface area contributed by atoms with Crippen molar-refractivity contribution in [2.45, 2.75) is 65.5 Å². The van der Waals surface area contributed by atoms with Crippen LogP contribution in [0.3, 0.4) is 0 Å². The molecule has 6 nitrogen and oxygen atoms in total. The Balaban J connectivity index is 1.29. The zero-order valence-corrected chi connectivity index (χ0v) is 28.4. The molecule has 0 aromatic heterocycles. The third-order valence-electron chi connectivity index (χ3n) is 12.1. The van der Waals surface area contributed by atoms with Gasteiger partial charge in [-0.25, -0.2) is 0 Å². The maximum absolute atomic E-state index is 13.9. The zero-order valence-electron chi connectivity index (χ0n) is 28.4. The van der Waals surface area contributed by atoms with Gasteiger partial charge in [-0.2, -0.15) is 0 Å². The summed E-state index contributed by atoms with van der Waals surface area (Å²) < 4.78 is 0. The lowest BCUT2D eigenvalue weighted by atomic mass is 9.80. The van der Waals surface area contributed by atoms with Crippen molar-refractivity contribution in [2.75, 3.05) is 0 Å².